The first-order valence-electron chi connectivity index (χ1n) is 7.75. The second-order valence-electron chi connectivity index (χ2n) is 5.79. The highest BCUT2D eigenvalue weighted by atomic mass is 127. The van der Waals surface area contributed by atoms with Crippen molar-refractivity contribution in [3.63, 3.8) is 0 Å². The number of hydrogen-bond acceptors (Lipinski definition) is 2. The van der Waals surface area contributed by atoms with Crippen molar-refractivity contribution in [3.8, 4) is 0 Å². The van der Waals surface area contributed by atoms with Crippen LogP contribution in [0.5, 0.6) is 0 Å². The van der Waals surface area contributed by atoms with Gasteiger partial charge in [0.2, 0.25) is 0 Å². The Labute approximate surface area is 161 Å². The van der Waals surface area contributed by atoms with Crippen LogP contribution in [0.3, 0.4) is 0 Å². The van der Waals surface area contributed by atoms with Crippen molar-refractivity contribution in [2.24, 2.45) is 10.9 Å². The smallest absolute Gasteiger partial charge is 0.193 e. The van der Waals surface area contributed by atoms with Crippen LogP contribution < -0.4 is 5.32 Å². The molecule has 0 amide bonds. The summed E-state index contributed by atoms with van der Waals surface area (Å²) in [6.07, 6.45) is 2.42. The maximum absolute atomic E-state index is 13.6. The average molecular weight is 475 g/mol. The van der Waals surface area contributed by atoms with Crippen molar-refractivity contribution < 1.29 is 22.3 Å². The van der Waals surface area contributed by atoms with Gasteiger partial charge in [-0.3, -0.25) is 4.99 Å². The minimum atomic E-state index is -1.43. The summed E-state index contributed by atoms with van der Waals surface area (Å²) in [4.78, 5) is 5.68. The molecule has 0 aromatic heterocycles. The summed E-state index contributed by atoms with van der Waals surface area (Å²) in [5.74, 6) is -4.67. The van der Waals surface area contributed by atoms with Crippen LogP contribution in [0.25, 0.3) is 0 Å². The highest BCUT2D eigenvalue weighted by molar-refractivity contribution is 14.0. The van der Waals surface area contributed by atoms with E-state index in [0.717, 1.165) is 6.61 Å². The second-order valence-corrected chi connectivity index (χ2v) is 5.79. The Bertz CT molecular complexity index is 585. The molecule has 0 bridgehead atoms. The predicted octanol–water partition coefficient (Wildman–Crippen LogP) is 3.29. The van der Waals surface area contributed by atoms with Gasteiger partial charge in [-0.2, -0.15) is 0 Å². The van der Waals surface area contributed by atoms with Crippen LogP contribution in [0.2, 0.25) is 0 Å². The molecule has 0 spiro atoms. The normalized spacial score (nSPS) is 14.2. The zero-order valence-electron chi connectivity index (χ0n) is 14.1. The van der Waals surface area contributed by atoms with E-state index in [4.69, 9.17) is 4.74 Å². The molecule has 1 N–H and O–H groups in total. The van der Waals surface area contributed by atoms with Gasteiger partial charge in [0.1, 0.15) is 0 Å². The van der Waals surface area contributed by atoms with E-state index < -0.39 is 35.4 Å². The Kier molecular flexibility index (Phi) is 8.91. The molecule has 1 aliphatic rings. The number of rotatable bonds is 7. The molecule has 1 aromatic carbocycles. The Morgan fingerprint density at radius 1 is 1.24 bits per heavy atom. The van der Waals surface area contributed by atoms with Crippen molar-refractivity contribution in [1.82, 2.24) is 10.2 Å². The summed E-state index contributed by atoms with van der Waals surface area (Å²) in [5.41, 5.74) is -0.702. The molecule has 25 heavy (non-hydrogen) atoms. The molecule has 142 valence electrons. The first-order chi connectivity index (χ1) is 11.4. The van der Waals surface area contributed by atoms with Crippen LogP contribution in [-0.4, -0.2) is 44.7 Å². The molecular weight excluding hydrogens is 453 g/mol. The van der Waals surface area contributed by atoms with Crippen molar-refractivity contribution in [2.45, 2.75) is 19.4 Å². The molecule has 1 aromatic rings. The lowest BCUT2D eigenvalue weighted by Gasteiger charge is -2.22. The number of aliphatic imine (C=N–C) groups is 1. The van der Waals surface area contributed by atoms with Gasteiger partial charge in [-0.25, -0.2) is 17.6 Å². The third-order valence-electron chi connectivity index (χ3n) is 3.82. The molecule has 1 saturated carbocycles. The molecule has 4 nitrogen and oxygen atoms in total. The Morgan fingerprint density at radius 3 is 2.36 bits per heavy atom. The fourth-order valence-electron chi connectivity index (χ4n) is 2.17. The second kappa shape index (κ2) is 10.1. The molecule has 0 atom stereocenters. The monoisotopic (exact) mass is 475 g/mol. The fraction of sp³-hybridized carbons (Fsp3) is 0.562. The summed E-state index contributed by atoms with van der Waals surface area (Å²) in [5, 5.41) is 2.69. The molecular formula is C16H22F4IN3O. The van der Waals surface area contributed by atoms with Gasteiger partial charge in [-0.05, 0) is 18.8 Å². The van der Waals surface area contributed by atoms with Gasteiger partial charge < -0.3 is 15.0 Å². The summed E-state index contributed by atoms with van der Waals surface area (Å²) in [7, 11) is 3.23. The lowest BCUT2D eigenvalue weighted by atomic mass is 10.2. The molecule has 0 saturated heterocycles. The van der Waals surface area contributed by atoms with Crippen molar-refractivity contribution in [2.75, 3.05) is 33.9 Å². The van der Waals surface area contributed by atoms with Crippen LogP contribution in [0, 0.1) is 29.2 Å². The Balaban J connectivity index is 0.00000312. The topological polar surface area (TPSA) is 36.9 Å². The minimum Gasteiger partial charge on any atom is -0.379 e. The van der Waals surface area contributed by atoms with Gasteiger partial charge in [0.15, 0.2) is 29.2 Å². The number of ether oxygens (including phenoxy) is 1. The first-order valence-corrected chi connectivity index (χ1v) is 7.75. The lowest BCUT2D eigenvalue weighted by molar-refractivity contribution is 0.115. The quantitative estimate of drug-likeness (QED) is 0.164. The van der Waals surface area contributed by atoms with Gasteiger partial charge in [-0.1, -0.05) is 0 Å². The number of guanidine groups is 1. The van der Waals surface area contributed by atoms with E-state index in [0.29, 0.717) is 25.0 Å². The number of hydrogen-bond donors (Lipinski definition) is 1. The van der Waals surface area contributed by atoms with Crippen molar-refractivity contribution in [3.05, 3.63) is 34.9 Å². The van der Waals surface area contributed by atoms with Crippen molar-refractivity contribution in [1.29, 1.82) is 0 Å². The number of nitrogens with one attached hydrogen (secondary N) is 1. The molecule has 0 radical (unpaired) electrons. The summed E-state index contributed by atoms with van der Waals surface area (Å²) in [6.45, 7) is 1.32. The van der Waals surface area contributed by atoms with Crippen LogP contribution >= 0.6 is 24.0 Å². The molecule has 9 heteroatoms. The van der Waals surface area contributed by atoms with E-state index in [-0.39, 0.29) is 30.0 Å². The summed E-state index contributed by atoms with van der Waals surface area (Å²) >= 11 is 0. The van der Waals surface area contributed by atoms with E-state index in [1.165, 1.54) is 19.9 Å². The van der Waals surface area contributed by atoms with Crippen molar-refractivity contribution >= 4 is 29.9 Å². The maximum atomic E-state index is 13.6. The zero-order valence-corrected chi connectivity index (χ0v) is 16.5. The highest BCUT2D eigenvalue weighted by Crippen LogP contribution is 2.28. The van der Waals surface area contributed by atoms with E-state index >= 15 is 0 Å². The third kappa shape index (κ3) is 6.28. The minimum absolute atomic E-state index is 0. The molecule has 0 aliphatic heterocycles. The summed E-state index contributed by atoms with van der Waals surface area (Å²) < 4.78 is 59.2. The van der Waals surface area contributed by atoms with Gasteiger partial charge in [0.25, 0.3) is 0 Å². The van der Waals surface area contributed by atoms with E-state index in [2.05, 4.69) is 10.3 Å². The number of nitrogens with zero attached hydrogens (tertiary/aromatic N) is 2. The van der Waals surface area contributed by atoms with Gasteiger partial charge in [0, 0.05) is 45.4 Å². The van der Waals surface area contributed by atoms with Gasteiger partial charge >= 0.3 is 0 Å². The molecule has 1 aliphatic carbocycles. The van der Waals surface area contributed by atoms with Crippen LogP contribution in [-0.2, 0) is 11.3 Å². The average Bonchev–Trinajstić information content (AvgIpc) is 3.37. The number of likely N-dealkylation sites (N-methyl/N-ethyl adjacent to an activating group) is 1. The van der Waals surface area contributed by atoms with E-state index in [1.807, 2.05) is 0 Å². The zero-order chi connectivity index (χ0) is 17.7. The number of halogens is 5. The highest BCUT2D eigenvalue weighted by Gasteiger charge is 2.21. The third-order valence-corrected chi connectivity index (χ3v) is 3.82. The molecule has 1 fully saturated rings. The molecule has 0 unspecified atom stereocenters. The Hall–Kier alpha value is -1.10. The lowest BCUT2D eigenvalue weighted by Crippen LogP contribution is -2.40. The largest absolute Gasteiger partial charge is 0.379 e. The molecule has 0 heterocycles. The molecule has 2 rings (SSSR count). The van der Waals surface area contributed by atoms with E-state index in [1.54, 1.807) is 11.9 Å². The van der Waals surface area contributed by atoms with Gasteiger partial charge in [0.05, 0.1) is 6.61 Å². The predicted molar refractivity (Wildman–Crippen MR) is 98.1 cm³/mol. The van der Waals surface area contributed by atoms with E-state index in [9.17, 15) is 17.6 Å². The first kappa shape index (κ1) is 21.9. The summed E-state index contributed by atoms with van der Waals surface area (Å²) in [6, 6.07) is 0.187. The van der Waals surface area contributed by atoms with Crippen LogP contribution in [0.15, 0.2) is 11.1 Å². The van der Waals surface area contributed by atoms with Crippen LogP contribution in [0.4, 0.5) is 17.6 Å². The fourth-order valence-corrected chi connectivity index (χ4v) is 2.17. The maximum Gasteiger partial charge on any atom is 0.193 e. The Morgan fingerprint density at radius 2 is 1.84 bits per heavy atom. The standard InChI is InChI=1S/C16H21F4N3O.HI/c1-21-16(23(2)5-6-24-9-10-3-4-10)22-8-11-14(19)12(17)7-13(18)15(11)20;/h7,10H,3-6,8-9H2,1-2H3,(H,21,22);1H. The van der Waals surface area contributed by atoms with Crippen LogP contribution in [0.1, 0.15) is 18.4 Å². The number of benzene rings is 1. The van der Waals surface area contributed by atoms with Gasteiger partial charge in [-0.15, -0.1) is 24.0 Å². The SMILES string of the molecule is CN=C(NCc1c(F)c(F)cc(F)c1F)N(C)CCOCC1CC1.I.